The Bertz CT molecular complexity index is 674. The molecule has 4 bridgehead atoms. The van der Waals surface area contributed by atoms with Crippen LogP contribution in [0.15, 0.2) is 10.1 Å². The number of ether oxygens (including phenoxy) is 1. The Balaban J connectivity index is 1.61. The van der Waals surface area contributed by atoms with Crippen molar-refractivity contribution in [1.29, 1.82) is 0 Å². The van der Waals surface area contributed by atoms with E-state index in [1.165, 1.54) is 0 Å². The highest BCUT2D eigenvalue weighted by Crippen LogP contribution is 2.75. The molecule has 0 N–H and O–H groups in total. The summed E-state index contributed by atoms with van der Waals surface area (Å²) in [6.07, 6.45) is -0.601. The first-order chi connectivity index (χ1) is 11.3. The lowest BCUT2D eigenvalue weighted by Gasteiger charge is -2.40. The largest absolute Gasteiger partial charge is 0.373 e. The fourth-order valence-electron chi connectivity index (χ4n) is 5.52. The van der Waals surface area contributed by atoms with Crippen molar-refractivity contribution in [3.8, 4) is 0 Å². The Kier molecular flexibility index (Phi) is 3.11. The first-order valence-corrected chi connectivity index (χ1v) is 9.38. The summed E-state index contributed by atoms with van der Waals surface area (Å²) in [5.41, 5.74) is 0. The molecule has 2 aliphatic carbocycles. The van der Waals surface area contributed by atoms with Gasteiger partial charge >= 0.3 is 0 Å². The van der Waals surface area contributed by atoms with E-state index in [2.05, 4.69) is 0 Å². The molecular formula is C15H13Cl4NO4. The van der Waals surface area contributed by atoms with E-state index in [0.29, 0.717) is 16.5 Å². The maximum Gasteiger partial charge on any atom is 0.260 e. The average molecular weight is 413 g/mol. The van der Waals surface area contributed by atoms with Crippen LogP contribution in [-0.2, 0) is 19.2 Å². The van der Waals surface area contributed by atoms with Crippen molar-refractivity contribution in [3.05, 3.63) is 10.1 Å². The lowest BCUT2D eigenvalue weighted by molar-refractivity contribution is -0.191. The minimum absolute atomic E-state index is 0.234. The van der Waals surface area contributed by atoms with Gasteiger partial charge in [-0.25, -0.2) is 0 Å². The highest BCUT2D eigenvalue weighted by Gasteiger charge is 2.82. The third-order valence-electron chi connectivity index (χ3n) is 6.23. The second-order valence-corrected chi connectivity index (χ2v) is 9.19. The van der Waals surface area contributed by atoms with E-state index >= 15 is 0 Å². The number of amides is 2. The molecule has 0 aromatic heterocycles. The Labute approximate surface area is 158 Å². The van der Waals surface area contributed by atoms with E-state index < -0.39 is 33.8 Å². The average Bonchev–Trinajstić information content (AvgIpc) is 3.25. The first-order valence-electron chi connectivity index (χ1n) is 7.87. The number of carbonyl (C=O) groups is 2. The van der Waals surface area contributed by atoms with Crippen LogP contribution in [0.5, 0.6) is 0 Å². The number of allylic oxidation sites excluding steroid dienone is 2. The van der Waals surface area contributed by atoms with E-state index in [1.807, 2.05) is 0 Å². The van der Waals surface area contributed by atoms with Crippen molar-refractivity contribution in [2.45, 2.75) is 35.3 Å². The van der Waals surface area contributed by atoms with Gasteiger partial charge in [-0.2, -0.15) is 5.06 Å². The smallest absolute Gasteiger partial charge is 0.260 e. The van der Waals surface area contributed by atoms with Gasteiger partial charge in [-0.3, -0.25) is 14.4 Å². The van der Waals surface area contributed by atoms with Gasteiger partial charge in [0.2, 0.25) is 0 Å². The van der Waals surface area contributed by atoms with E-state index in [1.54, 1.807) is 6.92 Å². The molecule has 0 aromatic rings. The van der Waals surface area contributed by atoms with Crippen molar-refractivity contribution in [2.75, 3.05) is 6.61 Å². The minimum atomic E-state index is -0.933. The lowest BCUT2D eigenvalue weighted by atomic mass is 9.65. The number of hydroxylamine groups is 2. The maximum absolute atomic E-state index is 12.7. The van der Waals surface area contributed by atoms with Crippen LogP contribution in [0, 0.1) is 23.7 Å². The molecule has 0 unspecified atom stereocenters. The van der Waals surface area contributed by atoms with Gasteiger partial charge in [-0.05, 0) is 13.3 Å². The Hall–Kier alpha value is -0.0400. The van der Waals surface area contributed by atoms with Gasteiger partial charge in [-0.1, -0.05) is 23.2 Å². The number of halogens is 4. The summed E-state index contributed by atoms with van der Waals surface area (Å²) in [6.45, 7) is 1.96. The third-order valence-corrected chi connectivity index (χ3v) is 8.72. The van der Waals surface area contributed by atoms with Crippen LogP contribution < -0.4 is 0 Å². The molecule has 8 atom stereocenters. The van der Waals surface area contributed by atoms with Crippen LogP contribution in [-0.4, -0.2) is 45.4 Å². The molecular weight excluding hydrogens is 400 g/mol. The summed E-state index contributed by atoms with van der Waals surface area (Å²) in [4.78, 5) is 28.7. The van der Waals surface area contributed by atoms with Gasteiger partial charge in [0, 0.05) is 11.8 Å². The zero-order valence-corrected chi connectivity index (χ0v) is 15.5. The number of carbonyl (C=O) groups excluding carboxylic acids is 2. The number of hydrogen-bond donors (Lipinski definition) is 0. The fourth-order valence-corrected chi connectivity index (χ4v) is 7.54. The highest BCUT2D eigenvalue weighted by atomic mass is 35.5. The molecule has 1 saturated carbocycles. The number of rotatable bonds is 2. The zero-order valence-electron chi connectivity index (χ0n) is 12.5. The fraction of sp³-hybridized carbons (Fsp3) is 0.733. The van der Waals surface area contributed by atoms with E-state index in [0.717, 1.165) is 5.06 Å². The van der Waals surface area contributed by atoms with Crippen LogP contribution in [0.25, 0.3) is 0 Å². The number of hydrogen-bond acceptors (Lipinski definition) is 4. The Morgan fingerprint density at radius 1 is 1.08 bits per heavy atom. The summed E-state index contributed by atoms with van der Waals surface area (Å²) in [5.74, 6) is -2.39. The third kappa shape index (κ3) is 1.47. The Morgan fingerprint density at radius 2 is 1.54 bits per heavy atom. The topological polar surface area (TPSA) is 55.8 Å². The summed E-state index contributed by atoms with van der Waals surface area (Å²) >= 11 is 26.4. The molecule has 2 amide bonds. The van der Waals surface area contributed by atoms with Gasteiger partial charge in [0.15, 0.2) is 0 Å². The van der Waals surface area contributed by atoms with Crippen molar-refractivity contribution >= 4 is 58.2 Å². The molecule has 24 heavy (non-hydrogen) atoms. The predicted octanol–water partition coefficient (Wildman–Crippen LogP) is 2.61. The van der Waals surface area contributed by atoms with Gasteiger partial charge in [0.05, 0.1) is 50.5 Å². The highest BCUT2D eigenvalue weighted by molar-refractivity contribution is 6.51. The van der Waals surface area contributed by atoms with Crippen molar-refractivity contribution in [1.82, 2.24) is 5.06 Å². The van der Waals surface area contributed by atoms with Crippen molar-refractivity contribution in [2.24, 2.45) is 23.7 Å². The number of fused-ring (bicyclic) bond motifs is 12. The van der Waals surface area contributed by atoms with Gasteiger partial charge < -0.3 is 4.74 Å². The minimum Gasteiger partial charge on any atom is -0.373 e. The van der Waals surface area contributed by atoms with Crippen LogP contribution in [0.1, 0.15) is 13.3 Å². The molecule has 5 rings (SSSR count). The van der Waals surface area contributed by atoms with Crippen LogP contribution >= 0.6 is 46.4 Å². The SMILES string of the molecule is CCON1C(=O)[C@@H]2[C@H]3O[C@H]([C@H]2C1=O)[C@@H]1[C@@H]3[C@]2(Cl)C[C@]1(Cl)C(Cl)=C2Cl. The number of nitrogens with zero attached hydrogens (tertiary/aromatic N) is 1. The molecule has 0 aromatic carbocycles. The van der Waals surface area contributed by atoms with Crippen LogP contribution in [0.4, 0.5) is 0 Å². The van der Waals surface area contributed by atoms with Crippen LogP contribution in [0.2, 0.25) is 0 Å². The maximum atomic E-state index is 12.7. The summed E-state index contributed by atoms with van der Waals surface area (Å²) in [7, 11) is 0. The normalized spacial score (nSPS) is 54.3. The molecule has 130 valence electrons. The summed E-state index contributed by atoms with van der Waals surface area (Å²) in [6, 6.07) is 0. The van der Waals surface area contributed by atoms with E-state index in [-0.39, 0.29) is 30.3 Å². The predicted molar refractivity (Wildman–Crippen MR) is 86.6 cm³/mol. The molecule has 5 nitrogen and oxygen atoms in total. The molecule has 5 aliphatic rings. The second-order valence-electron chi connectivity index (χ2n) is 7.09. The molecule has 9 heteroatoms. The lowest BCUT2D eigenvalue weighted by Crippen LogP contribution is -2.50. The molecule has 0 radical (unpaired) electrons. The summed E-state index contributed by atoms with van der Waals surface area (Å²) in [5, 5.41) is 1.56. The summed E-state index contributed by atoms with van der Waals surface area (Å²) < 4.78 is 6.04. The quantitative estimate of drug-likeness (QED) is 0.516. The molecule has 0 spiro atoms. The number of imide groups is 1. The monoisotopic (exact) mass is 411 g/mol. The van der Waals surface area contributed by atoms with Gasteiger partial charge in [0.1, 0.15) is 0 Å². The molecule has 3 heterocycles. The standard InChI is InChI=1S/C15H13Cl4NO4/c1-2-23-20-12(21)4-5(13(20)22)9-7-6(8(4)24-9)14(18)3-15(7,19)11(17)10(14)16/h4-9H,2-3H2,1H3/t4-,5-,6-,7-,8+,9+,14+,15+/m0/s1. The van der Waals surface area contributed by atoms with Crippen molar-refractivity contribution in [3.63, 3.8) is 0 Å². The van der Waals surface area contributed by atoms with E-state index in [9.17, 15) is 9.59 Å². The number of alkyl halides is 2. The van der Waals surface area contributed by atoms with Crippen LogP contribution in [0.3, 0.4) is 0 Å². The molecule has 3 aliphatic heterocycles. The molecule has 3 saturated heterocycles. The second kappa shape index (κ2) is 4.62. The molecule has 4 fully saturated rings. The van der Waals surface area contributed by atoms with Gasteiger partial charge in [0.25, 0.3) is 11.8 Å². The van der Waals surface area contributed by atoms with Crippen molar-refractivity contribution < 1.29 is 19.2 Å². The Morgan fingerprint density at radius 3 is 1.96 bits per heavy atom. The van der Waals surface area contributed by atoms with E-state index in [4.69, 9.17) is 56.0 Å². The zero-order chi connectivity index (χ0) is 17.2. The first kappa shape index (κ1) is 16.2. The van der Waals surface area contributed by atoms with Gasteiger partial charge in [-0.15, -0.1) is 23.2 Å².